The van der Waals surface area contributed by atoms with Crippen LogP contribution in [0.1, 0.15) is 10.4 Å². The number of amides is 1. The van der Waals surface area contributed by atoms with Crippen molar-refractivity contribution >= 4 is 11.9 Å². The third-order valence-electron chi connectivity index (χ3n) is 2.78. The summed E-state index contributed by atoms with van der Waals surface area (Å²) in [5, 5.41) is 13.0. The summed E-state index contributed by atoms with van der Waals surface area (Å²) in [7, 11) is 1.45. The summed E-state index contributed by atoms with van der Waals surface area (Å²) >= 11 is 0. The molecule has 1 aromatic carbocycles. The van der Waals surface area contributed by atoms with E-state index >= 15 is 0 Å². The first-order chi connectivity index (χ1) is 10.3. The predicted octanol–water partition coefficient (Wildman–Crippen LogP) is 1.25. The maximum atomic E-state index is 12.0. The molecule has 106 valence electrons. The van der Waals surface area contributed by atoms with Crippen molar-refractivity contribution in [1.29, 1.82) is 0 Å². The fourth-order valence-electron chi connectivity index (χ4n) is 1.76. The molecule has 21 heavy (non-hydrogen) atoms. The van der Waals surface area contributed by atoms with Gasteiger partial charge in [-0.3, -0.25) is 10.1 Å². The zero-order valence-electron chi connectivity index (χ0n) is 11.1. The number of benzene rings is 1. The highest BCUT2D eigenvalue weighted by Crippen LogP contribution is 2.11. The predicted molar refractivity (Wildman–Crippen MR) is 74.5 cm³/mol. The SMILES string of the molecule is COc1n[nH]c(NC(=O)c2ccc(-n3cccn3)cc2)n1. The summed E-state index contributed by atoms with van der Waals surface area (Å²) in [6, 6.07) is 9.03. The molecule has 0 spiro atoms. The summed E-state index contributed by atoms with van der Waals surface area (Å²) in [5.74, 6) is -0.0613. The van der Waals surface area contributed by atoms with Crippen LogP contribution in [0.5, 0.6) is 6.01 Å². The number of nitrogens with one attached hydrogen (secondary N) is 2. The Balaban J connectivity index is 1.73. The molecule has 0 aliphatic carbocycles. The number of H-pyrrole nitrogens is 1. The standard InChI is InChI=1S/C13H12N6O2/c1-21-13-16-12(17-18-13)15-11(20)9-3-5-10(6-4-9)19-8-2-7-14-19/h2-8H,1H3,(H2,15,16,17,18,20). The number of carbonyl (C=O) groups excluding carboxylic acids is 1. The average molecular weight is 284 g/mol. The number of ether oxygens (including phenoxy) is 1. The van der Waals surface area contributed by atoms with Crippen LogP contribution in [0, 0.1) is 0 Å². The molecule has 0 aliphatic heterocycles. The summed E-state index contributed by atoms with van der Waals surface area (Å²) in [6.07, 6.45) is 3.52. The molecule has 0 bridgehead atoms. The van der Waals surface area contributed by atoms with Gasteiger partial charge >= 0.3 is 6.01 Å². The van der Waals surface area contributed by atoms with Gasteiger partial charge in [-0.25, -0.2) is 9.78 Å². The van der Waals surface area contributed by atoms with Crippen LogP contribution >= 0.6 is 0 Å². The topological polar surface area (TPSA) is 97.7 Å². The Morgan fingerprint density at radius 1 is 1.33 bits per heavy atom. The minimum absolute atomic E-state index is 0.166. The molecule has 0 saturated heterocycles. The maximum absolute atomic E-state index is 12.0. The third-order valence-corrected chi connectivity index (χ3v) is 2.78. The van der Waals surface area contributed by atoms with E-state index in [4.69, 9.17) is 4.74 Å². The minimum Gasteiger partial charge on any atom is -0.466 e. The minimum atomic E-state index is -0.291. The molecule has 0 unspecified atom stereocenters. The Bertz CT molecular complexity index is 732. The van der Waals surface area contributed by atoms with Crippen LogP contribution in [0.2, 0.25) is 0 Å². The second-order valence-electron chi connectivity index (χ2n) is 4.12. The molecule has 1 amide bonds. The van der Waals surface area contributed by atoms with Crippen molar-refractivity contribution in [2.75, 3.05) is 12.4 Å². The molecule has 3 rings (SSSR count). The summed E-state index contributed by atoms with van der Waals surface area (Å²) < 4.78 is 6.54. The molecule has 0 atom stereocenters. The van der Waals surface area contributed by atoms with E-state index in [1.807, 2.05) is 24.4 Å². The number of rotatable bonds is 4. The van der Waals surface area contributed by atoms with E-state index in [9.17, 15) is 4.79 Å². The van der Waals surface area contributed by atoms with Gasteiger partial charge in [0.25, 0.3) is 5.91 Å². The van der Waals surface area contributed by atoms with Gasteiger partial charge in [0.15, 0.2) is 0 Å². The van der Waals surface area contributed by atoms with Crippen LogP contribution in [0.25, 0.3) is 5.69 Å². The molecule has 3 aromatic rings. The van der Waals surface area contributed by atoms with Crippen LogP contribution in [0.15, 0.2) is 42.7 Å². The maximum Gasteiger partial charge on any atom is 0.336 e. The van der Waals surface area contributed by atoms with Crippen LogP contribution < -0.4 is 10.1 Å². The molecule has 2 aromatic heterocycles. The van der Waals surface area contributed by atoms with Gasteiger partial charge in [-0.1, -0.05) is 0 Å². The van der Waals surface area contributed by atoms with Gasteiger partial charge < -0.3 is 4.74 Å². The lowest BCUT2D eigenvalue weighted by Crippen LogP contribution is -2.13. The number of nitrogens with zero attached hydrogens (tertiary/aromatic N) is 4. The number of aromatic nitrogens is 5. The smallest absolute Gasteiger partial charge is 0.336 e. The molecular weight excluding hydrogens is 272 g/mol. The van der Waals surface area contributed by atoms with Gasteiger partial charge in [-0.05, 0) is 30.3 Å². The van der Waals surface area contributed by atoms with E-state index in [0.717, 1.165) is 5.69 Å². The molecule has 2 N–H and O–H groups in total. The Labute approximate surface area is 119 Å². The van der Waals surface area contributed by atoms with Crippen LogP contribution in [0.4, 0.5) is 5.95 Å². The number of anilines is 1. The van der Waals surface area contributed by atoms with E-state index in [-0.39, 0.29) is 17.9 Å². The molecule has 0 fully saturated rings. The van der Waals surface area contributed by atoms with E-state index in [2.05, 4.69) is 25.6 Å². The first-order valence-electron chi connectivity index (χ1n) is 6.14. The van der Waals surface area contributed by atoms with Gasteiger partial charge in [0.05, 0.1) is 12.8 Å². The van der Waals surface area contributed by atoms with Crippen molar-refractivity contribution in [3.63, 3.8) is 0 Å². The van der Waals surface area contributed by atoms with Crippen LogP contribution in [-0.2, 0) is 0 Å². The Hall–Kier alpha value is -3.16. The van der Waals surface area contributed by atoms with Gasteiger partial charge in [-0.2, -0.15) is 10.1 Å². The molecule has 8 nitrogen and oxygen atoms in total. The zero-order chi connectivity index (χ0) is 14.7. The van der Waals surface area contributed by atoms with Crippen molar-refractivity contribution in [2.24, 2.45) is 0 Å². The van der Waals surface area contributed by atoms with E-state index in [1.54, 1.807) is 23.0 Å². The first-order valence-corrected chi connectivity index (χ1v) is 6.14. The molecular formula is C13H12N6O2. The Morgan fingerprint density at radius 3 is 2.76 bits per heavy atom. The lowest BCUT2D eigenvalue weighted by molar-refractivity contribution is 0.102. The van der Waals surface area contributed by atoms with Gasteiger partial charge in [0, 0.05) is 18.0 Å². The summed E-state index contributed by atoms with van der Waals surface area (Å²) in [6.45, 7) is 0. The fraction of sp³-hybridized carbons (Fsp3) is 0.0769. The number of carbonyl (C=O) groups is 1. The number of methoxy groups -OCH3 is 1. The average Bonchev–Trinajstić information content (AvgIpc) is 3.19. The highest BCUT2D eigenvalue weighted by atomic mass is 16.5. The van der Waals surface area contributed by atoms with E-state index < -0.39 is 0 Å². The number of aromatic amines is 1. The van der Waals surface area contributed by atoms with Crippen molar-refractivity contribution in [3.05, 3.63) is 48.3 Å². The quantitative estimate of drug-likeness (QED) is 0.751. The molecule has 8 heteroatoms. The van der Waals surface area contributed by atoms with Crippen molar-refractivity contribution in [2.45, 2.75) is 0 Å². The van der Waals surface area contributed by atoms with E-state index in [1.165, 1.54) is 7.11 Å². The Kier molecular flexibility index (Phi) is 3.34. The van der Waals surface area contributed by atoms with Crippen molar-refractivity contribution in [1.82, 2.24) is 25.0 Å². The normalized spacial score (nSPS) is 10.3. The highest BCUT2D eigenvalue weighted by Gasteiger charge is 2.10. The lowest BCUT2D eigenvalue weighted by atomic mass is 10.2. The summed E-state index contributed by atoms with van der Waals surface area (Å²) in [4.78, 5) is 16.0. The fourth-order valence-corrected chi connectivity index (χ4v) is 1.76. The monoisotopic (exact) mass is 284 g/mol. The van der Waals surface area contributed by atoms with Gasteiger partial charge in [-0.15, -0.1) is 5.10 Å². The van der Waals surface area contributed by atoms with Gasteiger partial charge in [0.2, 0.25) is 5.95 Å². The number of hydrogen-bond donors (Lipinski definition) is 2. The lowest BCUT2D eigenvalue weighted by Gasteiger charge is -2.04. The highest BCUT2D eigenvalue weighted by molar-refractivity contribution is 6.03. The largest absolute Gasteiger partial charge is 0.466 e. The molecule has 2 heterocycles. The van der Waals surface area contributed by atoms with Crippen LogP contribution in [-0.4, -0.2) is 38.0 Å². The zero-order valence-corrected chi connectivity index (χ0v) is 11.1. The van der Waals surface area contributed by atoms with E-state index in [0.29, 0.717) is 5.56 Å². The number of hydrogen-bond acceptors (Lipinski definition) is 5. The second kappa shape index (κ2) is 5.45. The van der Waals surface area contributed by atoms with Crippen molar-refractivity contribution < 1.29 is 9.53 Å². The Morgan fingerprint density at radius 2 is 2.14 bits per heavy atom. The first kappa shape index (κ1) is 12.9. The third kappa shape index (κ3) is 2.73. The van der Waals surface area contributed by atoms with Crippen molar-refractivity contribution in [3.8, 4) is 11.7 Å². The molecule has 0 radical (unpaired) electrons. The molecule has 0 saturated carbocycles. The molecule has 0 aliphatic rings. The van der Waals surface area contributed by atoms with Gasteiger partial charge in [0.1, 0.15) is 0 Å². The second-order valence-corrected chi connectivity index (χ2v) is 4.12. The summed E-state index contributed by atoms with van der Waals surface area (Å²) in [5.41, 5.74) is 1.37. The van der Waals surface area contributed by atoms with Crippen LogP contribution in [0.3, 0.4) is 0 Å².